The number of aromatic amines is 1. The van der Waals surface area contributed by atoms with Crippen molar-refractivity contribution in [3.63, 3.8) is 0 Å². The highest BCUT2D eigenvalue weighted by atomic mass is 16.5. The maximum Gasteiger partial charge on any atom is 0.273 e. The lowest BCUT2D eigenvalue weighted by Crippen LogP contribution is -2.29. The Balaban J connectivity index is 1.63. The van der Waals surface area contributed by atoms with Crippen LogP contribution in [0.5, 0.6) is 17.2 Å². The van der Waals surface area contributed by atoms with Gasteiger partial charge in [-0.3, -0.25) is 9.89 Å². The molecule has 1 atom stereocenters. The summed E-state index contributed by atoms with van der Waals surface area (Å²) in [6, 6.07) is 21.4. The molecular weight excluding hydrogens is 454 g/mol. The molecule has 0 spiro atoms. The van der Waals surface area contributed by atoms with Gasteiger partial charge in [-0.05, 0) is 61.4 Å². The molecule has 0 saturated heterocycles. The lowest BCUT2D eigenvalue weighted by atomic mass is 9.95. The van der Waals surface area contributed by atoms with Gasteiger partial charge in [0.1, 0.15) is 11.4 Å². The van der Waals surface area contributed by atoms with Gasteiger partial charge in [0.05, 0.1) is 32.6 Å². The summed E-state index contributed by atoms with van der Waals surface area (Å²) in [4.78, 5) is 15.6. The predicted molar refractivity (Wildman–Crippen MR) is 138 cm³/mol. The van der Waals surface area contributed by atoms with E-state index in [0.29, 0.717) is 30.3 Å². The number of carbonyl (C=O) groups is 1. The second-order valence-electron chi connectivity index (χ2n) is 8.75. The lowest BCUT2D eigenvalue weighted by molar-refractivity contribution is 0.0730. The molecule has 1 aliphatic rings. The minimum atomic E-state index is -0.353. The largest absolute Gasteiger partial charge is 0.497 e. The van der Waals surface area contributed by atoms with Crippen molar-refractivity contribution in [2.45, 2.75) is 26.4 Å². The first kappa shape index (κ1) is 23.5. The van der Waals surface area contributed by atoms with Gasteiger partial charge in [0.15, 0.2) is 11.5 Å². The first-order chi connectivity index (χ1) is 17.5. The summed E-state index contributed by atoms with van der Waals surface area (Å²) in [5.41, 5.74) is 6.16. The smallest absolute Gasteiger partial charge is 0.273 e. The van der Waals surface area contributed by atoms with Crippen LogP contribution in [-0.2, 0) is 6.54 Å². The minimum Gasteiger partial charge on any atom is -0.497 e. The third-order valence-electron chi connectivity index (χ3n) is 6.50. The van der Waals surface area contributed by atoms with Crippen molar-refractivity contribution in [2.75, 3.05) is 20.8 Å². The number of carbonyl (C=O) groups excluding carboxylic acids is 1. The van der Waals surface area contributed by atoms with Crippen LogP contribution in [0.1, 0.15) is 45.7 Å². The topological polar surface area (TPSA) is 76.7 Å². The SMILES string of the molecule is CCOc1ccc(C2c3c(-c4ccc(OC)cc4)n[nH]c3C(=O)N2Cc2ccc(C)cc2)cc1OC. The Morgan fingerprint density at radius 3 is 2.36 bits per heavy atom. The number of hydrogen-bond acceptors (Lipinski definition) is 5. The highest BCUT2D eigenvalue weighted by Gasteiger charge is 2.42. The van der Waals surface area contributed by atoms with Crippen LogP contribution in [0.15, 0.2) is 66.7 Å². The molecule has 1 aliphatic heterocycles. The Kier molecular flexibility index (Phi) is 6.38. The fourth-order valence-corrected chi connectivity index (χ4v) is 4.69. The standard InChI is InChI=1S/C29H29N3O4/c1-5-36-23-15-12-21(16-24(23)35-4)28-25-26(20-10-13-22(34-3)14-11-20)30-31-27(25)29(33)32(28)17-19-8-6-18(2)7-9-19/h6-16,28H,5,17H2,1-4H3,(H,30,31). The summed E-state index contributed by atoms with van der Waals surface area (Å²) in [6.45, 7) is 4.98. The highest BCUT2D eigenvalue weighted by molar-refractivity contribution is 6.00. The van der Waals surface area contributed by atoms with Gasteiger partial charge in [0.25, 0.3) is 5.91 Å². The molecule has 2 heterocycles. The molecule has 7 nitrogen and oxygen atoms in total. The van der Waals surface area contributed by atoms with Gasteiger partial charge in [-0.2, -0.15) is 5.10 Å². The molecule has 1 N–H and O–H groups in total. The Labute approximate surface area is 210 Å². The Bertz CT molecular complexity index is 1380. The second-order valence-corrected chi connectivity index (χ2v) is 8.75. The number of nitrogens with zero attached hydrogens (tertiary/aromatic N) is 2. The summed E-state index contributed by atoms with van der Waals surface area (Å²) in [5.74, 6) is 1.97. The van der Waals surface area contributed by atoms with E-state index in [1.165, 1.54) is 5.56 Å². The van der Waals surface area contributed by atoms with Crippen LogP contribution in [0.25, 0.3) is 11.3 Å². The van der Waals surface area contributed by atoms with E-state index in [1.54, 1.807) is 14.2 Å². The van der Waals surface area contributed by atoms with E-state index in [4.69, 9.17) is 14.2 Å². The number of rotatable bonds is 8. The first-order valence-electron chi connectivity index (χ1n) is 11.9. The zero-order valence-electron chi connectivity index (χ0n) is 20.9. The van der Waals surface area contributed by atoms with Gasteiger partial charge in [0.2, 0.25) is 0 Å². The van der Waals surface area contributed by atoms with Crippen molar-refractivity contribution in [3.05, 3.63) is 94.7 Å². The summed E-state index contributed by atoms with van der Waals surface area (Å²) in [6.07, 6.45) is 0. The maximum absolute atomic E-state index is 13.7. The fraction of sp³-hybridized carbons (Fsp3) is 0.241. The summed E-state index contributed by atoms with van der Waals surface area (Å²) >= 11 is 0. The van der Waals surface area contributed by atoms with Gasteiger partial charge in [-0.15, -0.1) is 0 Å². The second kappa shape index (κ2) is 9.77. The van der Waals surface area contributed by atoms with Gasteiger partial charge >= 0.3 is 0 Å². The average Bonchev–Trinajstić information content (AvgIpc) is 3.45. The molecule has 0 aliphatic carbocycles. The Hall–Kier alpha value is -4.26. The normalized spacial score (nSPS) is 14.6. The summed E-state index contributed by atoms with van der Waals surface area (Å²) in [5, 5.41) is 7.58. The predicted octanol–water partition coefficient (Wildman–Crippen LogP) is 5.55. The van der Waals surface area contributed by atoms with Crippen LogP contribution < -0.4 is 14.2 Å². The molecular formula is C29H29N3O4. The van der Waals surface area contributed by atoms with Crippen molar-refractivity contribution in [2.24, 2.45) is 0 Å². The fourth-order valence-electron chi connectivity index (χ4n) is 4.69. The third-order valence-corrected chi connectivity index (χ3v) is 6.50. The quantitative estimate of drug-likeness (QED) is 0.356. The number of amides is 1. The third kappa shape index (κ3) is 4.17. The van der Waals surface area contributed by atoms with E-state index in [9.17, 15) is 4.79 Å². The molecule has 184 valence electrons. The lowest BCUT2D eigenvalue weighted by Gasteiger charge is -2.27. The van der Waals surface area contributed by atoms with E-state index in [1.807, 2.05) is 54.3 Å². The van der Waals surface area contributed by atoms with Crippen LogP contribution in [0, 0.1) is 6.92 Å². The summed E-state index contributed by atoms with van der Waals surface area (Å²) < 4.78 is 16.7. The number of hydrogen-bond donors (Lipinski definition) is 1. The van der Waals surface area contributed by atoms with E-state index >= 15 is 0 Å². The zero-order valence-corrected chi connectivity index (χ0v) is 20.9. The number of methoxy groups -OCH3 is 2. The number of aromatic nitrogens is 2. The molecule has 5 rings (SSSR count). The van der Waals surface area contributed by atoms with Crippen LogP contribution in [0.3, 0.4) is 0 Å². The van der Waals surface area contributed by atoms with Crippen LogP contribution in [0.4, 0.5) is 0 Å². The number of H-pyrrole nitrogens is 1. The molecule has 1 unspecified atom stereocenters. The van der Waals surface area contributed by atoms with Gasteiger partial charge < -0.3 is 19.1 Å². The van der Waals surface area contributed by atoms with Gasteiger partial charge in [0, 0.05) is 17.7 Å². The van der Waals surface area contributed by atoms with Crippen LogP contribution >= 0.6 is 0 Å². The minimum absolute atomic E-state index is 0.0873. The molecule has 0 fully saturated rings. The zero-order chi connectivity index (χ0) is 25.2. The van der Waals surface area contributed by atoms with Crippen molar-refractivity contribution in [1.29, 1.82) is 0 Å². The number of benzene rings is 3. The van der Waals surface area contributed by atoms with Gasteiger partial charge in [-0.25, -0.2) is 0 Å². The maximum atomic E-state index is 13.7. The molecule has 0 radical (unpaired) electrons. The molecule has 4 aromatic rings. The van der Waals surface area contributed by atoms with E-state index < -0.39 is 0 Å². The molecule has 0 saturated carbocycles. The van der Waals surface area contributed by atoms with Crippen molar-refractivity contribution in [3.8, 4) is 28.5 Å². The highest BCUT2D eigenvalue weighted by Crippen LogP contribution is 2.45. The molecule has 0 bridgehead atoms. The summed E-state index contributed by atoms with van der Waals surface area (Å²) in [7, 11) is 3.26. The number of nitrogens with one attached hydrogen (secondary N) is 1. The van der Waals surface area contributed by atoms with Crippen molar-refractivity contribution in [1.82, 2.24) is 15.1 Å². The Morgan fingerprint density at radius 2 is 1.69 bits per heavy atom. The Morgan fingerprint density at radius 1 is 0.944 bits per heavy atom. The molecule has 7 heteroatoms. The van der Waals surface area contributed by atoms with Crippen molar-refractivity contribution < 1.29 is 19.0 Å². The number of aryl methyl sites for hydroxylation is 1. The van der Waals surface area contributed by atoms with Crippen molar-refractivity contribution >= 4 is 5.91 Å². The van der Waals surface area contributed by atoms with Crippen LogP contribution in [-0.4, -0.2) is 41.8 Å². The van der Waals surface area contributed by atoms with E-state index in [-0.39, 0.29) is 11.9 Å². The number of ether oxygens (including phenoxy) is 3. The monoisotopic (exact) mass is 483 g/mol. The van der Waals surface area contributed by atoms with Gasteiger partial charge in [-0.1, -0.05) is 35.9 Å². The first-order valence-corrected chi connectivity index (χ1v) is 11.9. The molecule has 36 heavy (non-hydrogen) atoms. The van der Waals surface area contributed by atoms with E-state index in [0.717, 1.165) is 33.7 Å². The number of fused-ring (bicyclic) bond motifs is 1. The molecule has 3 aromatic carbocycles. The van der Waals surface area contributed by atoms with E-state index in [2.05, 4.69) is 41.4 Å². The average molecular weight is 484 g/mol. The van der Waals surface area contributed by atoms with Crippen LogP contribution in [0.2, 0.25) is 0 Å². The molecule has 1 amide bonds. The molecule has 1 aromatic heterocycles.